The van der Waals surface area contributed by atoms with Crippen molar-refractivity contribution in [3.63, 3.8) is 0 Å². The van der Waals surface area contributed by atoms with Crippen molar-refractivity contribution in [3.05, 3.63) is 11.9 Å². The number of ether oxygens (including phenoxy) is 1. The second-order valence-corrected chi connectivity index (χ2v) is 6.29. The standard InChI is InChI=1S/C15H25N3O/c1-15(2,3)14-17-12(16-4)10-13(18-14)19-11-8-6-5-7-9-11/h10-11H,5-9H2,1-4H3,(H,16,17,18). The van der Waals surface area contributed by atoms with Crippen LogP contribution in [0.4, 0.5) is 5.82 Å². The Balaban J connectivity index is 2.19. The first-order valence-corrected chi connectivity index (χ1v) is 7.23. The van der Waals surface area contributed by atoms with E-state index in [-0.39, 0.29) is 5.41 Å². The van der Waals surface area contributed by atoms with Crippen molar-refractivity contribution in [2.45, 2.75) is 64.4 Å². The number of anilines is 1. The Labute approximate surface area is 116 Å². The van der Waals surface area contributed by atoms with E-state index in [0.717, 1.165) is 24.5 Å². The number of nitrogens with one attached hydrogen (secondary N) is 1. The zero-order valence-electron chi connectivity index (χ0n) is 12.5. The second kappa shape index (κ2) is 5.76. The van der Waals surface area contributed by atoms with Gasteiger partial charge in [0.2, 0.25) is 5.88 Å². The van der Waals surface area contributed by atoms with Crippen LogP contribution in [-0.4, -0.2) is 23.1 Å². The molecule has 0 aliphatic heterocycles. The van der Waals surface area contributed by atoms with Crippen molar-refractivity contribution in [2.24, 2.45) is 0 Å². The molecule has 1 aromatic rings. The summed E-state index contributed by atoms with van der Waals surface area (Å²) in [7, 11) is 1.87. The topological polar surface area (TPSA) is 47.0 Å². The van der Waals surface area contributed by atoms with Crippen molar-refractivity contribution in [2.75, 3.05) is 12.4 Å². The Morgan fingerprint density at radius 1 is 1.16 bits per heavy atom. The maximum atomic E-state index is 6.04. The van der Waals surface area contributed by atoms with Gasteiger partial charge in [0.25, 0.3) is 0 Å². The number of aromatic nitrogens is 2. The molecule has 1 saturated carbocycles. The zero-order valence-corrected chi connectivity index (χ0v) is 12.5. The van der Waals surface area contributed by atoms with Crippen LogP contribution in [0.2, 0.25) is 0 Å². The highest BCUT2D eigenvalue weighted by molar-refractivity contribution is 5.38. The summed E-state index contributed by atoms with van der Waals surface area (Å²) in [6, 6.07) is 1.89. The first-order valence-electron chi connectivity index (χ1n) is 7.23. The number of nitrogens with zero attached hydrogens (tertiary/aromatic N) is 2. The zero-order chi connectivity index (χ0) is 13.9. The predicted octanol–water partition coefficient (Wildman–Crippen LogP) is 3.53. The fraction of sp³-hybridized carbons (Fsp3) is 0.733. The predicted molar refractivity (Wildman–Crippen MR) is 77.8 cm³/mol. The van der Waals surface area contributed by atoms with Gasteiger partial charge in [-0.1, -0.05) is 27.2 Å². The van der Waals surface area contributed by atoms with Gasteiger partial charge in [-0.15, -0.1) is 0 Å². The van der Waals surface area contributed by atoms with Crippen molar-refractivity contribution < 1.29 is 4.74 Å². The van der Waals surface area contributed by atoms with Crippen LogP contribution >= 0.6 is 0 Å². The van der Waals surface area contributed by atoms with Gasteiger partial charge in [-0.3, -0.25) is 0 Å². The maximum absolute atomic E-state index is 6.04. The molecule has 1 aliphatic carbocycles. The molecule has 0 unspecified atom stereocenters. The first-order chi connectivity index (χ1) is 8.99. The summed E-state index contributed by atoms with van der Waals surface area (Å²) in [5.41, 5.74) is -0.0719. The lowest BCUT2D eigenvalue weighted by molar-refractivity contribution is 0.147. The van der Waals surface area contributed by atoms with Gasteiger partial charge in [-0.25, -0.2) is 4.98 Å². The van der Waals surface area contributed by atoms with E-state index in [1.807, 2.05) is 13.1 Å². The van der Waals surface area contributed by atoms with E-state index < -0.39 is 0 Å². The quantitative estimate of drug-likeness (QED) is 0.906. The fourth-order valence-electron chi connectivity index (χ4n) is 2.30. The molecule has 0 spiro atoms. The van der Waals surface area contributed by atoms with E-state index in [9.17, 15) is 0 Å². The molecule has 0 bridgehead atoms. The Morgan fingerprint density at radius 3 is 2.42 bits per heavy atom. The van der Waals surface area contributed by atoms with Crippen molar-refractivity contribution >= 4 is 5.82 Å². The molecular weight excluding hydrogens is 238 g/mol. The average molecular weight is 263 g/mol. The lowest BCUT2D eigenvalue weighted by Gasteiger charge is -2.24. The molecule has 4 heteroatoms. The minimum absolute atomic E-state index is 0.0719. The molecule has 1 aliphatic rings. The second-order valence-electron chi connectivity index (χ2n) is 6.29. The van der Waals surface area contributed by atoms with Gasteiger partial charge >= 0.3 is 0 Å². The van der Waals surface area contributed by atoms with Gasteiger partial charge in [-0.2, -0.15) is 4.98 Å². The molecule has 19 heavy (non-hydrogen) atoms. The molecule has 1 N–H and O–H groups in total. The van der Waals surface area contributed by atoms with Crippen LogP contribution in [0.1, 0.15) is 58.7 Å². The number of hydrogen-bond donors (Lipinski definition) is 1. The van der Waals surface area contributed by atoms with Gasteiger partial charge in [0.1, 0.15) is 17.7 Å². The molecule has 0 saturated heterocycles. The van der Waals surface area contributed by atoms with Gasteiger partial charge in [-0.05, 0) is 25.7 Å². The minimum atomic E-state index is -0.0719. The first kappa shape index (κ1) is 14.1. The molecule has 0 aromatic carbocycles. The Morgan fingerprint density at radius 2 is 1.84 bits per heavy atom. The third kappa shape index (κ3) is 3.82. The largest absolute Gasteiger partial charge is 0.474 e. The summed E-state index contributed by atoms with van der Waals surface area (Å²) in [5, 5.41) is 3.09. The maximum Gasteiger partial charge on any atom is 0.219 e. The third-order valence-corrected chi connectivity index (χ3v) is 3.47. The lowest BCUT2D eigenvalue weighted by Crippen LogP contribution is -2.22. The SMILES string of the molecule is CNc1cc(OC2CCCCC2)nc(C(C)(C)C)n1. The Bertz CT molecular complexity index is 420. The summed E-state index contributed by atoms with van der Waals surface area (Å²) < 4.78 is 6.04. The smallest absolute Gasteiger partial charge is 0.219 e. The molecule has 0 atom stereocenters. The molecule has 106 valence electrons. The summed E-state index contributed by atoms with van der Waals surface area (Å²) >= 11 is 0. The number of rotatable bonds is 3. The van der Waals surface area contributed by atoms with Crippen LogP contribution < -0.4 is 10.1 Å². The van der Waals surface area contributed by atoms with Gasteiger partial charge in [0.05, 0.1) is 0 Å². The molecule has 2 rings (SSSR count). The Hall–Kier alpha value is -1.32. The molecule has 1 fully saturated rings. The summed E-state index contributed by atoms with van der Waals surface area (Å²) in [5.74, 6) is 2.35. The average Bonchev–Trinajstić information content (AvgIpc) is 2.38. The van der Waals surface area contributed by atoms with Crippen LogP contribution in [0.5, 0.6) is 5.88 Å². The molecule has 4 nitrogen and oxygen atoms in total. The monoisotopic (exact) mass is 263 g/mol. The molecule has 0 amide bonds. The van der Waals surface area contributed by atoms with Crippen molar-refractivity contribution in [1.82, 2.24) is 9.97 Å². The van der Waals surface area contributed by atoms with E-state index in [0.29, 0.717) is 12.0 Å². The molecule has 1 heterocycles. The lowest BCUT2D eigenvalue weighted by atomic mass is 9.96. The normalized spacial score (nSPS) is 17.3. The van der Waals surface area contributed by atoms with Crippen LogP contribution in [0.15, 0.2) is 6.07 Å². The van der Waals surface area contributed by atoms with Gasteiger partial charge in [0.15, 0.2) is 0 Å². The van der Waals surface area contributed by atoms with E-state index in [1.54, 1.807) is 0 Å². The van der Waals surface area contributed by atoms with E-state index in [4.69, 9.17) is 4.74 Å². The van der Waals surface area contributed by atoms with Crippen LogP contribution in [0.25, 0.3) is 0 Å². The van der Waals surface area contributed by atoms with Crippen LogP contribution in [0, 0.1) is 0 Å². The Kier molecular flexibility index (Phi) is 4.27. The van der Waals surface area contributed by atoms with Gasteiger partial charge in [0, 0.05) is 18.5 Å². The fourth-order valence-corrected chi connectivity index (χ4v) is 2.30. The highest BCUT2D eigenvalue weighted by Crippen LogP contribution is 2.26. The highest BCUT2D eigenvalue weighted by atomic mass is 16.5. The van der Waals surface area contributed by atoms with Crippen molar-refractivity contribution in [1.29, 1.82) is 0 Å². The third-order valence-electron chi connectivity index (χ3n) is 3.47. The van der Waals surface area contributed by atoms with Gasteiger partial charge < -0.3 is 10.1 Å². The van der Waals surface area contributed by atoms with E-state index >= 15 is 0 Å². The summed E-state index contributed by atoms with van der Waals surface area (Å²) in [4.78, 5) is 9.09. The van der Waals surface area contributed by atoms with E-state index in [2.05, 4.69) is 36.1 Å². The van der Waals surface area contributed by atoms with E-state index in [1.165, 1.54) is 19.3 Å². The molecule has 1 aromatic heterocycles. The number of hydrogen-bond acceptors (Lipinski definition) is 4. The highest BCUT2D eigenvalue weighted by Gasteiger charge is 2.21. The summed E-state index contributed by atoms with van der Waals surface area (Å²) in [6.07, 6.45) is 6.47. The van der Waals surface area contributed by atoms with Crippen molar-refractivity contribution in [3.8, 4) is 5.88 Å². The van der Waals surface area contributed by atoms with Crippen LogP contribution in [-0.2, 0) is 5.41 Å². The molecular formula is C15H25N3O. The minimum Gasteiger partial charge on any atom is -0.474 e. The summed E-state index contributed by atoms with van der Waals surface area (Å²) in [6.45, 7) is 6.35. The molecule has 0 radical (unpaired) electrons. The van der Waals surface area contributed by atoms with Crippen LogP contribution in [0.3, 0.4) is 0 Å².